The third-order valence-electron chi connectivity index (χ3n) is 2.10. The Balaban J connectivity index is 2.45. The van der Waals surface area contributed by atoms with E-state index in [1.807, 2.05) is 13.0 Å². The largest absolute Gasteiger partial charge is 0.354 e. The van der Waals surface area contributed by atoms with E-state index in [1.165, 1.54) is 6.42 Å². The lowest BCUT2D eigenvalue weighted by Crippen LogP contribution is -2.12. The molecule has 1 aromatic heterocycles. The zero-order valence-electron chi connectivity index (χ0n) is 8.54. The fourth-order valence-electron chi connectivity index (χ4n) is 0.944. The highest BCUT2D eigenvalue weighted by Gasteiger charge is 1.99. The smallest absolute Gasteiger partial charge is 0.222 e. The van der Waals surface area contributed by atoms with E-state index >= 15 is 0 Å². The van der Waals surface area contributed by atoms with Crippen molar-refractivity contribution in [3.63, 3.8) is 0 Å². The van der Waals surface area contributed by atoms with Crippen molar-refractivity contribution in [1.29, 1.82) is 0 Å². The first-order valence-corrected chi connectivity index (χ1v) is 4.76. The van der Waals surface area contributed by atoms with Gasteiger partial charge in [-0.2, -0.15) is 0 Å². The monoisotopic (exact) mass is 179 g/mol. The topological polar surface area (TPSA) is 37.8 Å². The summed E-state index contributed by atoms with van der Waals surface area (Å²) < 4.78 is 0. The summed E-state index contributed by atoms with van der Waals surface area (Å²) >= 11 is 0. The van der Waals surface area contributed by atoms with Gasteiger partial charge in [0.05, 0.1) is 0 Å². The van der Waals surface area contributed by atoms with Gasteiger partial charge in [-0.05, 0) is 18.9 Å². The first-order valence-electron chi connectivity index (χ1n) is 4.76. The van der Waals surface area contributed by atoms with Gasteiger partial charge < -0.3 is 5.32 Å². The molecule has 0 saturated heterocycles. The Morgan fingerprint density at radius 3 is 2.92 bits per heavy atom. The molecule has 72 valence electrons. The molecule has 3 nitrogen and oxygen atoms in total. The number of rotatable bonds is 4. The van der Waals surface area contributed by atoms with Gasteiger partial charge in [-0.1, -0.05) is 20.3 Å². The summed E-state index contributed by atoms with van der Waals surface area (Å²) in [6, 6.07) is 1.90. The molecule has 0 spiro atoms. The first-order chi connectivity index (χ1) is 6.22. The highest BCUT2D eigenvalue weighted by Crippen LogP contribution is 2.03. The van der Waals surface area contributed by atoms with Crippen molar-refractivity contribution in [2.45, 2.75) is 27.2 Å². The molecular formula is C10H17N3. The maximum Gasteiger partial charge on any atom is 0.222 e. The van der Waals surface area contributed by atoms with Crippen molar-refractivity contribution in [2.75, 3.05) is 11.9 Å². The van der Waals surface area contributed by atoms with Crippen LogP contribution in [0.1, 0.15) is 26.0 Å². The van der Waals surface area contributed by atoms with E-state index in [1.54, 1.807) is 6.20 Å². The zero-order valence-corrected chi connectivity index (χ0v) is 8.54. The summed E-state index contributed by atoms with van der Waals surface area (Å²) in [5, 5.41) is 3.21. The van der Waals surface area contributed by atoms with Crippen LogP contribution in [0.25, 0.3) is 0 Å². The lowest BCUT2D eigenvalue weighted by molar-refractivity contribution is 0.591. The fourth-order valence-corrected chi connectivity index (χ4v) is 0.944. The first kappa shape index (κ1) is 9.96. The van der Waals surface area contributed by atoms with Crippen LogP contribution in [0.3, 0.4) is 0 Å². The third-order valence-corrected chi connectivity index (χ3v) is 2.10. The summed E-state index contributed by atoms with van der Waals surface area (Å²) in [5.41, 5.74) is 1.00. The van der Waals surface area contributed by atoms with Crippen LogP contribution < -0.4 is 5.32 Å². The highest BCUT2D eigenvalue weighted by molar-refractivity contribution is 5.24. The van der Waals surface area contributed by atoms with Crippen molar-refractivity contribution in [2.24, 2.45) is 5.92 Å². The summed E-state index contributed by atoms with van der Waals surface area (Å²) in [4.78, 5) is 8.38. The number of hydrogen-bond acceptors (Lipinski definition) is 3. The molecule has 0 bridgehead atoms. The summed E-state index contributed by atoms with van der Waals surface area (Å²) in [6.07, 6.45) is 2.96. The number of anilines is 1. The van der Waals surface area contributed by atoms with Crippen LogP contribution in [-0.2, 0) is 0 Å². The molecule has 1 heterocycles. The standard InChI is InChI=1S/C10H17N3/c1-4-8(2)7-12-10-11-6-5-9(3)13-10/h5-6,8H,4,7H2,1-3H3,(H,11,12,13). The van der Waals surface area contributed by atoms with Crippen molar-refractivity contribution in [1.82, 2.24) is 9.97 Å². The van der Waals surface area contributed by atoms with Crippen LogP contribution in [0, 0.1) is 12.8 Å². The van der Waals surface area contributed by atoms with Crippen LogP contribution in [-0.4, -0.2) is 16.5 Å². The SMILES string of the molecule is CCC(C)CNc1nccc(C)n1. The maximum atomic E-state index is 4.26. The van der Waals surface area contributed by atoms with Crippen molar-refractivity contribution >= 4 is 5.95 Å². The molecule has 0 radical (unpaired) electrons. The van der Waals surface area contributed by atoms with Gasteiger partial charge in [0, 0.05) is 18.4 Å². The lowest BCUT2D eigenvalue weighted by atomic mass is 10.1. The molecule has 0 saturated carbocycles. The average Bonchev–Trinajstić information content (AvgIpc) is 2.14. The van der Waals surface area contributed by atoms with E-state index in [2.05, 4.69) is 29.1 Å². The molecule has 0 amide bonds. The molecule has 3 heteroatoms. The Morgan fingerprint density at radius 2 is 2.31 bits per heavy atom. The number of hydrogen-bond donors (Lipinski definition) is 1. The molecule has 1 rings (SSSR count). The predicted molar refractivity (Wildman–Crippen MR) is 54.7 cm³/mol. The molecule has 0 aliphatic rings. The van der Waals surface area contributed by atoms with E-state index in [0.717, 1.165) is 18.2 Å². The number of aryl methyl sites for hydroxylation is 1. The van der Waals surface area contributed by atoms with Gasteiger partial charge in [0.15, 0.2) is 0 Å². The number of nitrogens with zero attached hydrogens (tertiary/aromatic N) is 2. The van der Waals surface area contributed by atoms with Gasteiger partial charge in [-0.25, -0.2) is 9.97 Å². The van der Waals surface area contributed by atoms with Crippen molar-refractivity contribution in [3.8, 4) is 0 Å². The second-order valence-corrected chi connectivity index (χ2v) is 3.42. The zero-order chi connectivity index (χ0) is 9.68. The van der Waals surface area contributed by atoms with E-state index in [-0.39, 0.29) is 0 Å². The van der Waals surface area contributed by atoms with Gasteiger partial charge >= 0.3 is 0 Å². The van der Waals surface area contributed by atoms with E-state index in [4.69, 9.17) is 0 Å². The molecule has 1 unspecified atom stereocenters. The Labute approximate surface area is 79.6 Å². The number of aromatic nitrogens is 2. The van der Waals surface area contributed by atoms with Crippen LogP contribution in [0.15, 0.2) is 12.3 Å². The van der Waals surface area contributed by atoms with Gasteiger partial charge in [-0.3, -0.25) is 0 Å². The molecule has 1 N–H and O–H groups in total. The van der Waals surface area contributed by atoms with Gasteiger partial charge in [0.25, 0.3) is 0 Å². The van der Waals surface area contributed by atoms with E-state index < -0.39 is 0 Å². The van der Waals surface area contributed by atoms with Gasteiger partial charge in [0.2, 0.25) is 5.95 Å². The minimum absolute atomic E-state index is 0.670. The van der Waals surface area contributed by atoms with Gasteiger partial charge in [-0.15, -0.1) is 0 Å². The number of nitrogens with one attached hydrogen (secondary N) is 1. The van der Waals surface area contributed by atoms with Crippen LogP contribution >= 0.6 is 0 Å². The second kappa shape index (κ2) is 4.80. The lowest BCUT2D eigenvalue weighted by Gasteiger charge is -2.09. The van der Waals surface area contributed by atoms with Gasteiger partial charge in [0.1, 0.15) is 0 Å². The van der Waals surface area contributed by atoms with Crippen molar-refractivity contribution < 1.29 is 0 Å². The normalized spacial score (nSPS) is 12.5. The van der Waals surface area contributed by atoms with Crippen LogP contribution in [0.5, 0.6) is 0 Å². The van der Waals surface area contributed by atoms with Crippen LogP contribution in [0.4, 0.5) is 5.95 Å². The Morgan fingerprint density at radius 1 is 1.54 bits per heavy atom. The molecule has 1 atom stereocenters. The Kier molecular flexibility index (Phi) is 3.68. The molecule has 0 fully saturated rings. The van der Waals surface area contributed by atoms with E-state index in [0.29, 0.717) is 5.92 Å². The third kappa shape index (κ3) is 3.40. The Hall–Kier alpha value is -1.12. The van der Waals surface area contributed by atoms with Crippen LogP contribution in [0.2, 0.25) is 0 Å². The maximum absolute atomic E-state index is 4.26. The molecule has 13 heavy (non-hydrogen) atoms. The highest BCUT2D eigenvalue weighted by atomic mass is 15.1. The summed E-state index contributed by atoms with van der Waals surface area (Å²) in [7, 11) is 0. The van der Waals surface area contributed by atoms with E-state index in [9.17, 15) is 0 Å². The van der Waals surface area contributed by atoms with Crippen molar-refractivity contribution in [3.05, 3.63) is 18.0 Å². The molecule has 0 aliphatic heterocycles. The molecule has 1 aromatic rings. The fraction of sp³-hybridized carbons (Fsp3) is 0.600. The average molecular weight is 179 g/mol. The minimum atomic E-state index is 0.670. The summed E-state index contributed by atoms with van der Waals surface area (Å²) in [6.45, 7) is 7.31. The quantitative estimate of drug-likeness (QED) is 0.770. The molecule has 0 aliphatic carbocycles. The second-order valence-electron chi connectivity index (χ2n) is 3.42. The minimum Gasteiger partial charge on any atom is -0.354 e. The summed E-state index contributed by atoms with van der Waals surface area (Å²) in [5.74, 6) is 1.41. The molecule has 0 aromatic carbocycles. The Bertz CT molecular complexity index is 260. The predicted octanol–water partition coefficient (Wildman–Crippen LogP) is 2.24. The molecular weight excluding hydrogens is 162 g/mol.